The van der Waals surface area contributed by atoms with Crippen LogP contribution in [0.2, 0.25) is 5.02 Å². The van der Waals surface area contributed by atoms with Gasteiger partial charge in [-0.2, -0.15) is 4.99 Å². The van der Waals surface area contributed by atoms with Crippen LogP contribution in [0.5, 0.6) is 5.75 Å². The molecule has 0 aliphatic carbocycles. The third-order valence-corrected chi connectivity index (χ3v) is 5.88. The second-order valence-corrected chi connectivity index (χ2v) is 8.14. The molecule has 3 aromatic rings. The number of benzene rings is 2. The summed E-state index contributed by atoms with van der Waals surface area (Å²) < 4.78 is 6.53. The number of nitrogens with zero attached hydrogens (tertiary/aromatic N) is 2. The quantitative estimate of drug-likeness (QED) is 0.586. The van der Waals surface area contributed by atoms with Gasteiger partial charge in [-0.1, -0.05) is 24.2 Å². The minimum absolute atomic E-state index is 0.0839. The fourth-order valence-electron chi connectivity index (χ4n) is 3.56. The number of carbonyl (C=O) groups is 1. The first-order valence-corrected chi connectivity index (χ1v) is 10.8. The van der Waals surface area contributed by atoms with E-state index in [1.54, 1.807) is 50.4 Å². The topological polar surface area (TPSA) is 94.0 Å². The number of hydrogen-bond donors (Lipinski definition) is 2. The van der Waals surface area contributed by atoms with E-state index in [-0.39, 0.29) is 23.6 Å². The largest absolute Gasteiger partial charge is 0.497 e. The number of aliphatic imine (C=N–C) groups is 1. The minimum atomic E-state index is -0.431. The Hall–Kier alpha value is -4.04. The van der Waals surface area contributed by atoms with Gasteiger partial charge < -0.3 is 19.5 Å². The van der Waals surface area contributed by atoms with E-state index in [0.29, 0.717) is 33.2 Å². The van der Waals surface area contributed by atoms with Crippen LogP contribution in [0.4, 0.5) is 5.69 Å². The number of nitrogens with one attached hydrogen (secondary N) is 2. The summed E-state index contributed by atoms with van der Waals surface area (Å²) in [6, 6.07) is 14.2. The summed E-state index contributed by atoms with van der Waals surface area (Å²) >= 11 is 6.14. The molecule has 0 spiro atoms. The first-order valence-electron chi connectivity index (χ1n) is 10.4. The molecule has 8 nitrogen and oxygen atoms in total. The average Bonchev–Trinajstić information content (AvgIpc) is 3.29. The number of carbonyl (C=O) groups excluding carboxylic acids is 1. The molecular formula is C25H23ClN4O4. The van der Waals surface area contributed by atoms with Crippen molar-refractivity contribution in [2.75, 3.05) is 12.4 Å². The van der Waals surface area contributed by atoms with Crippen molar-refractivity contribution in [3.05, 3.63) is 91.2 Å². The Morgan fingerprint density at radius 2 is 1.97 bits per heavy atom. The van der Waals surface area contributed by atoms with Crippen molar-refractivity contribution in [3.8, 4) is 5.75 Å². The number of hydroxylamine groups is 1. The lowest BCUT2D eigenvalue weighted by Crippen LogP contribution is -2.47. The molecule has 9 heteroatoms. The Kier molecular flexibility index (Phi) is 6.43. The van der Waals surface area contributed by atoms with Gasteiger partial charge in [0.25, 0.3) is 11.4 Å². The lowest BCUT2D eigenvalue weighted by molar-refractivity contribution is -0.116. The molecule has 1 aliphatic heterocycles. The van der Waals surface area contributed by atoms with Gasteiger partial charge in [0.1, 0.15) is 17.5 Å². The van der Waals surface area contributed by atoms with Crippen molar-refractivity contribution in [1.29, 1.82) is 0 Å². The fourth-order valence-corrected chi connectivity index (χ4v) is 3.73. The van der Waals surface area contributed by atoms with E-state index in [2.05, 4.69) is 22.4 Å². The molecule has 0 fully saturated rings. The van der Waals surface area contributed by atoms with Gasteiger partial charge in [0.2, 0.25) is 5.91 Å². The highest BCUT2D eigenvalue weighted by Gasteiger charge is 2.19. The Labute approximate surface area is 200 Å². The second kappa shape index (κ2) is 9.44. The van der Waals surface area contributed by atoms with Crippen molar-refractivity contribution in [2.45, 2.75) is 20.4 Å². The number of methoxy groups -OCH3 is 1. The highest BCUT2D eigenvalue weighted by atomic mass is 35.5. The van der Waals surface area contributed by atoms with Gasteiger partial charge in [0.05, 0.1) is 7.11 Å². The van der Waals surface area contributed by atoms with Gasteiger partial charge in [-0.05, 0) is 67.1 Å². The van der Waals surface area contributed by atoms with Gasteiger partial charge in [0, 0.05) is 22.0 Å². The molecule has 2 aromatic carbocycles. The van der Waals surface area contributed by atoms with E-state index in [0.717, 1.165) is 11.1 Å². The average molecular weight is 479 g/mol. The zero-order valence-corrected chi connectivity index (χ0v) is 19.7. The van der Waals surface area contributed by atoms with Crippen LogP contribution in [-0.2, 0) is 16.2 Å². The van der Waals surface area contributed by atoms with Gasteiger partial charge in [-0.25, -0.2) is 5.48 Å². The van der Waals surface area contributed by atoms with Gasteiger partial charge >= 0.3 is 0 Å². The normalized spacial score (nSPS) is 14.2. The summed E-state index contributed by atoms with van der Waals surface area (Å²) in [7, 11) is 1.59. The van der Waals surface area contributed by atoms with Crippen LogP contribution in [0.25, 0.3) is 12.5 Å². The second-order valence-electron chi connectivity index (χ2n) is 7.74. The van der Waals surface area contributed by atoms with Crippen LogP contribution >= 0.6 is 11.6 Å². The number of amidine groups is 1. The van der Waals surface area contributed by atoms with Crippen molar-refractivity contribution in [2.24, 2.45) is 4.99 Å². The number of ether oxygens (including phenoxy) is 1. The van der Waals surface area contributed by atoms with Crippen molar-refractivity contribution >= 4 is 41.5 Å². The molecule has 0 unspecified atom stereocenters. The lowest BCUT2D eigenvalue weighted by Gasteiger charge is -2.13. The highest BCUT2D eigenvalue weighted by molar-refractivity contribution is 6.31. The molecule has 0 atom stereocenters. The Bertz CT molecular complexity index is 1480. The predicted molar refractivity (Wildman–Crippen MR) is 132 cm³/mol. The maximum Gasteiger partial charge on any atom is 0.264 e. The van der Waals surface area contributed by atoms with Crippen LogP contribution in [0.1, 0.15) is 16.8 Å². The summed E-state index contributed by atoms with van der Waals surface area (Å²) in [4.78, 5) is 36.0. The third-order valence-electron chi connectivity index (χ3n) is 5.47. The highest BCUT2D eigenvalue weighted by Crippen LogP contribution is 2.22. The maximum atomic E-state index is 13.3. The molecule has 2 heterocycles. The number of aromatic nitrogens is 1. The van der Waals surface area contributed by atoms with Gasteiger partial charge in [-0.15, -0.1) is 0 Å². The number of amides is 1. The third kappa shape index (κ3) is 4.53. The van der Waals surface area contributed by atoms with Crippen molar-refractivity contribution in [1.82, 2.24) is 10.0 Å². The minimum Gasteiger partial charge on any atom is -0.497 e. The van der Waals surface area contributed by atoms with Crippen molar-refractivity contribution < 1.29 is 14.4 Å². The Morgan fingerprint density at radius 1 is 1.24 bits per heavy atom. The zero-order chi connectivity index (χ0) is 24.4. The monoisotopic (exact) mass is 478 g/mol. The molecule has 174 valence electrons. The van der Waals surface area contributed by atoms with Crippen LogP contribution < -0.4 is 31.5 Å². The molecular weight excluding hydrogens is 456 g/mol. The number of halogens is 1. The number of rotatable bonds is 5. The summed E-state index contributed by atoms with van der Waals surface area (Å²) in [5.74, 6) is 0.870. The molecule has 2 N–H and O–H groups in total. The molecule has 1 aliphatic rings. The lowest BCUT2D eigenvalue weighted by atomic mass is 10.2. The molecule has 1 aromatic heterocycles. The van der Waals surface area contributed by atoms with Crippen LogP contribution in [0.3, 0.4) is 0 Å². The van der Waals surface area contributed by atoms with Crippen LogP contribution in [0, 0.1) is 13.8 Å². The molecule has 1 amide bonds. The van der Waals surface area contributed by atoms with E-state index in [1.807, 2.05) is 19.1 Å². The number of hydrogen-bond acceptors (Lipinski definition) is 6. The zero-order valence-electron chi connectivity index (χ0n) is 18.9. The summed E-state index contributed by atoms with van der Waals surface area (Å²) in [5, 5.41) is 3.97. The Balaban J connectivity index is 1.69. The van der Waals surface area contributed by atoms with E-state index in [4.69, 9.17) is 21.2 Å². The predicted octanol–water partition coefficient (Wildman–Crippen LogP) is 2.22. The molecule has 0 saturated heterocycles. The fraction of sp³-hybridized carbons (Fsp3) is 0.160. The molecule has 4 rings (SSSR count). The number of pyridine rings is 1. The van der Waals surface area contributed by atoms with E-state index >= 15 is 0 Å². The first-order chi connectivity index (χ1) is 16.3. The van der Waals surface area contributed by atoms with Crippen molar-refractivity contribution in [3.63, 3.8) is 0 Å². The SMILES string of the molecule is C=c1cc(C)n(CC(=O)Nc2cccc(Cl)c2C)c(=O)c1=C1N=C(c2ccc(OC)cc2)NO1. The molecule has 34 heavy (non-hydrogen) atoms. The van der Waals surface area contributed by atoms with E-state index < -0.39 is 5.56 Å². The number of aryl methyl sites for hydroxylation is 1. The smallest absolute Gasteiger partial charge is 0.264 e. The first kappa shape index (κ1) is 23.1. The molecule has 0 saturated carbocycles. The standard InChI is InChI=1S/C25H23ClN4O4/c1-14-12-15(2)30(13-21(31)27-20-7-5-6-19(26)16(20)3)25(32)22(14)24-28-23(29-34-24)17-8-10-18(33-4)11-9-17/h5-12H,1,13H2,2-4H3,(H,27,31)(H,28,29). The molecule has 0 bridgehead atoms. The number of anilines is 1. The summed E-state index contributed by atoms with van der Waals surface area (Å²) in [5.41, 5.74) is 4.98. The summed E-state index contributed by atoms with van der Waals surface area (Å²) in [6.45, 7) is 7.33. The Morgan fingerprint density at radius 3 is 2.68 bits per heavy atom. The molecule has 0 radical (unpaired) electrons. The van der Waals surface area contributed by atoms with Crippen LogP contribution in [-0.4, -0.2) is 23.4 Å². The van der Waals surface area contributed by atoms with Gasteiger partial charge in [0.15, 0.2) is 5.84 Å². The van der Waals surface area contributed by atoms with E-state index in [1.165, 1.54) is 4.57 Å². The van der Waals surface area contributed by atoms with Crippen LogP contribution in [0.15, 0.2) is 58.3 Å². The van der Waals surface area contributed by atoms with E-state index in [9.17, 15) is 9.59 Å². The van der Waals surface area contributed by atoms with Gasteiger partial charge in [-0.3, -0.25) is 9.59 Å². The summed E-state index contributed by atoms with van der Waals surface area (Å²) in [6.07, 6.45) is 0. The maximum absolute atomic E-state index is 13.3.